The number of amides is 1. The number of nitrogens with one attached hydrogen (secondary N) is 1. The molecule has 1 amide bonds. The molecule has 0 saturated carbocycles. The number of carbonyl (C=O) groups excluding carboxylic acids is 1. The van der Waals surface area contributed by atoms with Crippen molar-refractivity contribution in [1.82, 2.24) is 10.2 Å². The lowest BCUT2D eigenvalue weighted by Gasteiger charge is -2.32. The summed E-state index contributed by atoms with van der Waals surface area (Å²) < 4.78 is 22.1. The fourth-order valence-electron chi connectivity index (χ4n) is 3.02. The Bertz CT molecular complexity index is 671. The van der Waals surface area contributed by atoms with E-state index in [-0.39, 0.29) is 6.54 Å². The molecule has 0 aliphatic rings. The van der Waals surface area contributed by atoms with E-state index < -0.39 is 31.7 Å². The number of benzene rings is 1. The van der Waals surface area contributed by atoms with Crippen molar-refractivity contribution in [3.05, 3.63) is 35.9 Å². The second kappa shape index (κ2) is 11.1. The van der Waals surface area contributed by atoms with E-state index in [1.165, 1.54) is 0 Å². The van der Waals surface area contributed by atoms with Gasteiger partial charge >= 0.3 is 13.9 Å². The number of carbonyl (C=O) groups is 1. The molecule has 0 bridgehead atoms. The highest BCUT2D eigenvalue weighted by Gasteiger charge is 2.33. The van der Waals surface area contributed by atoms with E-state index >= 15 is 0 Å². The monoisotopic (exact) mass is 430 g/mol. The van der Waals surface area contributed by atoms with Gasteiger partial charge in [-0.1, -0.05) is 44.2 Å². The molecule has 0 aliphatic heterocycles. The number of alkyl carbamates (subject to hydrolysis) is 1. The number of ether oxygens (including phenoxy) is 1. The highest BCUT2D eigenvalue weighted by atomic mass is 31.2. The molecule has 166 valence electrons. The molecule has 0 unspecified atom stereocenters. The Kier molecular flexibility index (Phi) is 9.79. The van der Waals surface area contributed by atoms with Gasteiger partial charge in [-0.05, 0) is 45.7 Å². The molecule has 9 heteroatoms. The minimum absolute atomic E-state index is 0.233. The van der Waals surface area contributed by atoms with E-state index in [1.54, 1.807) is 20.8 Å². The molecule has 0 heterocycles. The Morgan fingerprint density at radius 2 is 1.76 bits per heavy atom. The molecule has 0 radical (unpaired) electrons. The first-order valence-electron chi connectivity index (χ1n) is 9.71. The molecule has 1 rings (SSSR count). The van der Waals surface area contributed by atoms with Crippen LogP contribution in [0.25, 0.3) is 0 Å². The molecule has 1 aromatic rings. The predicted octanol–water partition coefficient (Wildman–Crippen LogP) is 3.19. The van der Waals surface area contributed by atoms with Crippen molar-refractivity contribution in [3.63, 3.8) is 0 Å². The lowest BCUT2D eigenvalue weighted by Crippen LogP contribution is -2.51. The number of nitrogens with zero attached hydrogens (tertiary/aromatic N) is 1. The minimum atomic E-state index is -4.77. The summed E-state index contributed by atoms with van der Waals surface area (Å²) in [6.07, 6.45) is -1.27. The van der Waals surface area contributed by atoms with Gasteiger partial charge in [0.15, 0.2) is 0 Å². The maximum Gasteiger partial charge on any atom is 0.469 e. The Labute approximate surface area is 173 Å². The Morgan fingerprint density at radius 3 is 2.24 bits per heavy atom. The summed E-state index contributed by atoms with van der Waals surface area (Å²) in [4.78, 5) is 33.2. The van der Waals surface area contributed by atoms with Crippen molar-refractivity contribution in [2.75, 3.05) is 20.1 Å². The molecule has 0 spiro atoms. The summed E-state index contributed by atoms with van der Waals surface area (Å²) in [5.41, 5.74) is 0.203. The van der Waals surface area contributed by atoms with E-state index in [0.29, 0.717) is 18.9 Å². The molecule has 3 N–H and O–H groups in total. The lowest BCUT2D eigenvalue weighted by atomic mass is 10.0. The zero-order valence-electron chi connectivity index (χ0n) is 18.2. The molecule has 0 aromatic heterocycles. The smallest absolute Gasteiger partial charge is 0.444 e. The van der Waals surface area contributed by atoms with Crippen molar-refractivity contribution in [1.29, 1.82) is 0 Å². The number of likely N-dealkylation sites (N-methyl/N-ethyl adjacent to an activating group) is 1. The van der Waals surface area contributed by atoms with Crippen LogP contribution in [0.5, 0.6) is 0 Å². The zero-order chi connectivity index (χ0) is 22.2. The molecule has 8 nitrogen and oxygen atoms in total. The normalized spacial score (nSPS) is 14.7. The second-order valence-corrected chi connectivity index (χ2v) is 9.88. The lowest BCUT2D eigenvalue weighted by molar-refractivity contribution is 0.0357. The largest absolute Gasteiger partial charge is 0.469 e. The van der Waals surface area contributed by atoms with E-state index in [1.807, 2.05) is 42.3 Å². The number of phosphoric ester groups is 1. The van der Waals surface area contributed by atoms with Gasteiger partial charge in [0.1, 0.15) is 11.7 Å². The van der Waals surface area contributed by atoms with Gasteiger partial charge in [0.05, 0.1) is 6.04 Å². The van der Waals surface area contributed by atoms with Gasteiger partial charge in [-0.3, -0.25) is 4.52 Å². The summed E-state index contributed by atoms with van der Waals surface area (Å²) in [5.74, 6) is 0.363. The highest BCUT2D eigenvalue weighted by molar-refractivity contribution is 7.46. The van der Waals surface area contributed by atoms with Crippen molar-refractivity contribution >= 4 is 13.9 Å². The highest BCUT2D eigenvalue weighted by Crippen LogP contribution is 2.38. The second-order valence-electron chi connectivity index (χ2n) is 8.69. The third-order valence-corrected chi connectivity index (χ3v) is 4.44. The molecule has 29 heavy (non-hydrogen) atoms. The SMILES string of the molecule is CC(C)CN(C)C[C@@H](OP(=O)(O)O)[C@H](Cc1ccccc1)NC(=O)OC(C)(C)C. The van der Waals surface area contributed by atoms with Crippen molar-refractivity contribution in [3.8, 4) is 0 Å². The fourth-order valence-corrected chi connectivity index (χ4v) is 3.58. The van der Waals surface area contributed by atoms with Crippen LogP contribution in [0.15, 0.2) is 30.3 Å². The fraction of sp³-hybridized carbons (Fsp3) is 0.650. The molecular weight excluding hydrogens is 395 g/mol. The number of rotatable bonds is 10. The molecule has 2 atom stereocenters. The first-order valence-corrected chi connectivity index (χ1v) is 11.2. The average molecular weight is 430 g/mol. The minimum Gasteiger partial charge on any atom is -0.444 e. The summed E-state index contributed by atoms with van der Waals surface area (Å²) in [5, 5.41) is 2.75. The zero-order valence-corrected chi connectivity index (χ0v) is 19.1. The van der Waals surface area contributed by atoms with Gasteiger partial charge in [-0.15, -0.1) is 0 Å². The molecule has 0 aliphatic carbocycles. The first kappa shape index (κ1) is 25.6. The maximum absolute atomic E-state index is 12.4. The molecule has 0 fully saturated rings. The van der Waals surface area contributed by atoms with E-state index in [2.05, 4.69) is 19.2 Å². The van der Waals surface area contributed by atoms with Gasteiger partial charge in [-0.25, -0.2) is 9.36 Å². The van der Waals surface area contributed by atoms with Crippen molar-refractivity contribution < 1.29 is 28.4 Å². The number of phosphoric acid groups is 1. The van der Waals surface area contributed by atoms with Crippen LogP contribution >= 0.6 is 7.82 Å². The van der Waals surface area contributed by atoms with E-state index in [4.69, 9.17) is 9.26 Å². The molecule has 0 saturated heterocycles. The number of hydrogen-bond donors (Lipinski definition) is 3. The van der Waals surface area contributed by atoms with Crippen LogP contribution < -0.4 is 5.32 Å². The van der Waals surface area contributed by atoms with Gasteiger partial charge in [0.25, 0.3) is 0 Å². The van der Waals surface area contributed by atoms with E-state index in [0.717, 1.165) is 5.56 Å². The topological polar surface area (TPSA) is 108 Å². The quantitative estimate of drug-likeness (QED) is 0.489. The molecular formula is C20H35N2O6P. The summed E-state index contributed by atoms with van der Waals surface area (Å²) in [6.45, 7) is 10.3. The first-order chi connectivity index (χ1) is 13.2. The van der Waals surface area contributed by atoms with Gasteiger partial charge in [0, 0.05) is 13.1 Å². The Morgan fingerprint density at radius 1 is 1.17 bits per heavy atom. The van der Waals surface area contributed by atoms with Crippen molar-refractivity contribution in [2.24, 2.45) is 5.92 Å². The standard InChI is InChI=1S/C20H35N2O6P/c1-15(2)13-22(6)14-18(28-29(24,25)26)17(12-16-10-8-7-9-11-16)21-19(23)27-20(3,4)5/h7-11,15,17-18H,12-14H2,1-6H3,(H,21,23)(H2,24,25,26)/t17-,18+/m0/s1. The maximum atomic E-state index is 12.4. The summed E-state index contributed by atoms with van der Waals surface area (Å²) in [6, 6.07) is 8.67. The Hall–Kier alpha value is -1.44. The third-order valence-electron chi connectivity index (χ3n) is 3.89. The Balaban J connectivity index is 3.11. The van der Waals surface area contributed by atoms with Gasteiger partial charge in [-0.2, -0.15) is 0 Å². The van der Waals surface area contributed by atoms with Crippen LogP contribution in [0, 0.1) is 5.92 Å². The summed E-state index contributed by atoms with van der Waals surface area (Å²) in [7, 11) is -2.92. The summed E-state index contributed by atoms with van der Waals surface area (Å²) >= 11 is 0. The van der Waals surface area contributed by atoms with Crippen LogP contribution in [0.2, 0.25) is 0 Å². The number of hydrogen-bond acceptors (Lipinski definition) is 5. The van der Waals surface area contributed by atoms with Crippen LogP contribution in [0.4, 0.5) is 4.79 Å². The van der Waals surface area contributed by atoms with Crippen LogP contribution in [0.3, 0.4) is 0 Å². The van der Waals surface area contributed by atoms with E-state index in [9.17, 15) is 19.1 Å². The third kappa shape index (κ3) is 12.0. The van der Waals surface area contributed by atoms with Gasteiger partial charge < -0.3 is 24.7 Å². The van der Waals surface area contributed by atoms with Gasteiger partial charge in [0.2, 0.25) is 0 Å². The van der Waals surface area contributed by atoms with Crippen molar-refractivity contribution in [2.45, 2.75) is 58.8 Å². The van der Waals surface area contributed by atoms with Crippen LogP contribution in [0.1, 0.15) is 40.2 Å². The van der Waals surface area contributed by atoms with Crippen LogP contribution in [-0.4, -0.2) is 58.7 Å². The average Bonchev–Trinajstić information content (AvgIpc) is 2.50. The molecule has 1 aromatic carbocycles. The predicted molar refractivity (Wildman–Crippen MR) is 113 cm³/mol. The van der Waals surface area contributed by atoms with Crippen LogP contribution in [-0.2, 0) is 20.2 Å².